The molecule has 0 saturated heterocycles. The zero-order valence-electron chi connectivity index (χ0n) is 12.0. The highest BCUT2D eigenvalue weighted by Gasteiger charge is 2.31. The fraction of sp³-hybridized carbons (Fsp3) is 0.294. The van der Waals surface area contributed by atoms with Gasteiger partial charge >= 0.3 is 0 Å². The zero-order valence-corrected chi connectivity index (χ0v) is 15.0. The van der Waals surface area contributed by atoms with Crippen molar-refractivity contribution >= 4 is 39.9 Å². The van der Waals surface area contributed by atoms with Gasteiger partial charge in [0, 0.05) is 32.8 Å². The van der Waals surface area contributed by atoms with Gasteiger partial charge in [-0.2, -0.15) is 0 Å². The second-order valence-corrected chi connectivity index (χ2v) is 7.52. The highest BCUT2D eigenvalue weighted by Crippen LogP contribution is 2.38. The van der Waals surface area contributed by atoms with Gasteiger partial charge in [-0.1, -0.05) is 29.8 Å². The smallest absolute Gasteiger partial charge is 0.128 e. The number of anilines is 1. The van der Waals surface area contributed by atoms with Crippen LogP contribution in [0.1, 0.15) is 25.0 Å². The maximum absolute atomic E-state index is 6.10. The Morgan fingerprint density at radius 1 is 1.29 bits per heavy atom. The molecule has 3 rings (SSSR count). The van der Waals surface area contributed by atoms with E-state index in [9.17, 15) is 0 Å². The number of rotatable bonds is 3. The molecule has 1 N–H and O–H groups in total. The Bertz CT molecular complexity index is 684. The van der Waals surface area contributed by atoms with Crippen molar-refractivity contribution in [2.24, 2.45) is 0 Å². The van der Waals surface area contributed by atoms with Gasteiger partial charge in [-0.05, 0) is 60.2 Å². The van der Waals surface area contributed by atoms with Crippen LogP contribution in [0.25, 0.3) is 0 Å². The van der Waals surface area contributed by atoms with Crippen LogP contribution >= 0.6 is 34.2 Å². The van der Waals surface area contributed by atoms with Gasteiger partial charge in [0.1, 0.15) is 11.4 Å². The third kappa shape index (κ3) is 3.29. The van der Waals surface area contributed by atoms with E-state index in [1.807, 2.05) is 18.2 Å². The van der Waals surface area contributed by atoms with Crippen molar-refractivity contribution in [3.63, 3.8) is 0 Å². The lowest BCUT2D eigenvalue weighted by Gasteiger charge is -2.18. The van der Waals surface area contributed by atoms with Crippen molar-refractivity contribution in [2.75, 3.05) is 5.32 Å². The third-order valence-electron chi connectivity index (χ3n) is 3.57. The standard InChI is InChI=1S/C17H17ClINO/c1-17(2)9-11-4-3-5-12(16(11)21-17)10-20-15-7-6-13(18)8-14(15)19/h3-8,20H,9-10H2,1-2H3. The summed E-state index contributed by atoms with van der Waals surface area (Å²) >= 11 is 8.28. The molecular weight excluding hydrogens is 397 g/mol. The first-order chi connectivity index (χ1) is 9.94. The summed E-state index contributed by atoms with van der Waals surface area (Å²) in [6, 6.07) is 12.3. The topological polar surface area (TPSA) is 21.3 Å². The molecule has 1 heterocycles. The van der Waals surface area contributed by atoms with Gasteiger partial charge in [0.15, 0.2) is 0 Å². The lowest BCUT2D eigenvalue weighted by Crippen LogP contribution is -2.25. The molecule has 1 aliphatic heterocycles. The molecule has 2 nitrogen and oxygen atoms in total. The van der Waals surface area contributed by atoms with Crippen molar-refractivity contribution < 1.29 is 4.74 Å². The second kappa shape index (κ2) is 5.69. The number of fused-ring (bicyclic) bond motifs is 1. The van der Waals surface area contributed by atoms with Gasteiger partial charge in [0.05, 0.1) is 0 Å². The van der Waals surface area contributed by atoms with Crippen molar-refractivity contribution in [1.29, 1.82) is 0 Å². The molecule has 0 fully saturated rings. The van der Waals surface area contributed by atoms with Crippen LogP contribution in [-0.2, 0) is 13.0 Å². The van der Waals surface area contributed by atoms with E-state index in [1.54, 1.807) is 0 Å². The van der Waals surface area contributed by atoms with Crippen molar-refractivity contribution in [3.05, 3.63) is 56.1 Å². The molecule has 0 saturated carbocycles. The minimum atomic E-state index is -0.104. The minimum Gasteiger partial charge on any atom is -0.487 e. The van der Waals surface area contributed by atoms with Crippen LogP contribution in [0, 0.1) is 3.57 Å². The number of benzene rings is 2. The Morgan fingerprint density at radius 3 is 2.86 bits per heavy atom. The Labute approximate surface area is 144 Å². The largest absolute Gasteiger partial charge is 0.487 e. The monoisotopic (exact) mass is 413 g/mol. The average Bonchev–Trinajstić information content (AvgIpc) is 2.72. The normalized spacial score (nSPS) is 15.4. The Hall–Kier alpha value is -0.940. The summed E-state index contributed by atoms with van der Waals surface area (Å²) in [4.78, 5) is 0. The van der Waals surface area contributed by atoms with E-state index in [0.29, 0.717) is 0 Å². The molecule has 0 amide bonds. The molecule has 0 radical (unpaired) electrons. The number of halogens is 2. The van der Waals surface area contributed by atoms with Crippen LogP contribution in [0.15, 0.2) is 36.4 Å². The quantitative estimate of drug-likeness (QED) is 0.692. The van der Waals surface area contributed by atoms with Gasteiger partial charge in [0.2, 0.25) is 0 Å². The fourth-order valence-electron chi connectivity index (χ4n) is 2.64. The van der Waals surface area contributed by atoms with E-state index in [-0.39, 0.29) is 5.60 Å². The molecule has 2 aromatic carbocycles. The van der Waals surface area contributed by atoms with Crippen LogP contribution in [0.5, 0.6) is 5.75 Å². The van der Waals surface area contributed by atoms with E-state index in [4.69, 9.17) is 16.3 Å². The van der Waals surface area contributed by atoms with Crippen LogP contribution in [-0.4, -0.2) is 5.60 Å². The molecule has 0 unspecified atom stereocenters. The predicted octanol–water partition coefficient (Wildman–Crippen LogP) is 5.27. The maximum atomic E-state index is 6.10. The SMILES string of the molecule is CC1(C)Cc2cccc(CNc3ccc(Cl)cc3I)c2O1. The van der Waals surface area contributed by atoms with E-state index < -0.39 is 0 Å². The number of hydrogen-bond donors (Lipinski definition) is 1. The number of para-hydroxylation sites is 1. The molecule has 110 valence electrons. The highest BCUT2D eigenvalue weighted by molar-refractivity contribution is 14.1. The summed E-state index contributed by atoms with van der Waals surface area (Å²) in [6.45, 7) is 5.01. The van der Waals surface area contributed by atoms with Crippen LogP contribution < -0.4 is 10.1 Å². The predicted molar refractivity (Wildman–Crippen MR) is 96.3 cm³/mol. The number of hydrogen-bond acceptors (Lipinski definition) is 2. The number of nitrogens with one attached hydrogen (secondary N) is 1. The number of ether oxygens (including phenoxy) is 1. The van der Waals surface area contributed by atoms with E-state index >= 15 is 0 Å². The molecule has 1 aliphatic rings. The molecule has 4 heteroatoms. The Balaban J connectivity index is 1.80. The molecule has 2 aromatic rings. The van der Waals surface area contributed by atoms with Crippen molar-refractivity contribution in [1.82, 2.24) is 0 Å². The average molecular weight is 414 g/mol. The summed E-state index contributed by atoms with van der Waals surface area (Å²) in [7, 11) is 0. The van der Waals surface area contributed by atoms with E-state index in [2.05, 4.69) is 60.0 Å². The lowest BCUT2D eigenvalue weighted by molar-refractivity contribution is 0.137. The Morgan fingerprint density at radius 2 is 2.10 bits per heavy atom. The highest BCUT2D eigenvalue weighted by atomic mass is 127. The van der Waals surface area contributed by atoms with E-state index in [0.717, 1.165) is 33.0 Å². The summed E-state index contributed by atoms with van der Waals surface area (Å²) in [5.74, 6) is 1.04. The van der Waals surface area contributed by atoms with Gasteiger partial charge in [-0.25, -0.2) is 0 Å². The van der Waals surface area contributed by atoms with Crippen LogP contribution in [0.4, 0.5) is 5.69 Å². The maximum Gasteiger partial charge on any atom is 0.128 e. The first-order valence-corrected chi connectivity index (χ1v) is 8.39. The van der Waals surface area contributed by atoms with Crippen LogP contribution in [0.3, 0.4) is 0 Å². The zero-order chi connectivity index (χ0) is 15.0. The van der Waals surface area contributed by atoms with Gasteiger partial charge in [-0.3, -0.25) is 0 Å². The molecule has 0 atom stereocenters. The molecule has 0 spiro atoms. The summed E-state index contributed by atoms with van der Waals surface area (Å²) in [6.07, 6.45) is 0.967. The Kier molecular flexibility index (Phi) is 4.06. The fourth-order valence-corrected chi connectivity index (χ4v) is 3.70. The first-order valence-electron chi connectivity index (χ1n) is 6.93. The molecule has 0 bridgehead atoms. The van der Waals surface area contributed by atoms with Crippen molar-refractivity contribution in [3.8, 4) is 5.75 Å². The van der Waals surface area contributed by atoms with Gasteiger partial charge in [-0.15, -0.1) is 0 Å². The van der Waals surface area contributed by atoms with Gasteiger partial charge < -0.3 is 10.1 Å². The third-order valence-corrected chi connectivity index (χ3v) is 4.70. The summed E-state index contributed by atoms with van der Waals surface area (Å²) in [5, 5.41) is 4.23. The van der Waals surface area contributed by atoms with Gasteiger partial charge in [0.25, 0.3) is 0 Å². The molecule has 21 heavy (non-hydrogen) atoms. The summed E-state index contributed by atoms with van der Waals surface area (Å²) < 4.78 is 7.22. The molecule has 0 aromatic heterocycles. The molecule has 0 aliphatic carbocycles. The summed E-state index contributed by atoms with van der Waals surface area (Å²) in [5.41, 5.74) is 3.48. The van der Waals surface area contributed by atoms with Crippen LogP contribution in [0.2, 0.25) is 5.02 Å². The van der Waals surface area contributed by atoms with E-state index in [1.165, 1.54) is 11.1 Å². The van der Waals surface area contributed by atoms with Crippen molar-refractivity contribution in [2.45, 2.75) is 32.4 Å². The first kappa shape index (κ1) is 15.0. The minimum absolute atomic E-state index is 0.104. The molecular formula is C17H17ClINO. The lowest BCUT2D eigenvalue weighted by atomic mass is 10.0. The second-order valence-electron chi connectivity index (χ2n) is 5.92.